The van der Waals surface area contributed by atoms with E-state index in [-0.39, 0.29) is 28.5 Å². The number of hydrogen-bond donors (Lipinski definition) is 2. The number of aromatic nitrogens is 1. The first-order valence-electron chi connectivity index (χ1n) is 8.25. The van der Waals surface area contributed by atoms with Crippen LogP contribution in [0.15, 0.2) is 59.5 Å². The predicted molar refractivity (Wildman–Crippen MR) is 94.7 cm³/mol. The molecule has 2 unspecified atom stereocenters. The van der Waals surface area contributed by atoms with Crippen LogP contribution in [0.5, 0.6) is 11.8 Å². The van der Waals surface area contributed by atoms with E-state index in [0.717, 1.165) is 11.8 Å². The summed E-state index contributed by atoms with van der Waals surface area (Å²) < 4.78 is 31.4. The van der Waals surface area contributed by atoms with Crippen LogP contribution >= 0.6 is 0 Å². The molecule has 0 saturated heterocycles. The maximum Gasteiger partial charge on any atom is 0.357 e. The van der Waals surface area contributed by atoms with E-state index in [4.69, 9.17) is 4.28 Å². The highest BCUT2D eigenvalue weighted by Gasteiger charge is 2.42. The quantitative estimate of drug-likeness (QED) is 0.693. The summed E-state index contributed by atoms with van der Waals surface area (Å²) in [6, 6.07) is 11.9. The smallest absolute Gasteiger partial charge is 0.357 e. The summed E-state index contributed by atoms with van der Waals surface area (Å²) in [6.45, 7) is 0. The molecule has 3 aromatic rings. The van der Waals surface area contributed by atoms with Crippen LogP contribution in [0.1, 0.15) is 29.4 Å². The highest BCUT2D eigenvalue weighted by molar-refractivity contribution is 7.87. The maximum absolute atomic E-state index is 12.8. The summed E-state index contributed by atoms with van der Waals surface area (Å²) in [5.41, 5.74) is 1.09. The van der Waals surface area contributed by atoms with Crippen LogP contribution < -0.4 is 4.28 Å². The van der Waals surface area contributed by atoms with Crippen molar-refractivity contribution < 1.29 is 22.9 Å². The van der Waals surface area contributed by atoms with E-state index < -0.39 is 10.1 Å². The summed E-state index contributed by atoms with van der Waals surface area (Å²) in [6.07, 6.45) is 4.69. The zero-order valence-corrected chi connectivity index (χ0v) is 14.3. The van der Waals surface area contributed by atoms with Crippen LogP contribution in [-0.2, 0) is 10.1 Å². The Morgan fingerprint density at radius 1 is 0.923 bits per heavy atom. The van der Waals surface area contributed by atoms with Crippen LogP contribution in [0, 0.1) is 0 Å². The minimum atomic E-state index is -4.26. The molecule has 5 rings (SSSR count). The summed E-state index contributed by atoms with van der Waals surface area (Å²) in [5.74, 6) is -0.770. The number of nitrogens with zero attached hydrogens (tertiary/aromatic N) is 1. The number of hydrogen-bond acceptors (Lipinski definition) is 5. The monoisotopic (exact) mass is 369 g/mol. The number of fused-ring (bicyclic) bond motifs is 6. The van der Waals surface area contributed by atoms with E-state index in [1.54, 1.807) is 30.3 Å². The fourth-order valence-corrected chi connectivity index (χ4v) is 5.16. The molecule has 2 aliphatic rings. The van der Waals surface area contributed by atoms with Crippen molar-refractivity contribution in [3.63, 3.8) is 0 Å². The third-order valence-corrected chi connectivity index (χ3v) is 6.41. The van der Waals surface area contributed by atoms with Crippen molar-refractivity contribution in [3.05, 3.63) is 65.7 Å². The van der Waals surface area contributed by atoms with Gasteiger partial charge in [0.1, 0.15) is 4.90 Å². The van der Waals surface area contributed by atoms with Crippen LogP contribution in [0.4, 0.5) is 0 Å². The molecular weight excluding hydrogens is 354 g/mol. The second-order valence-electron chi connectivity index (χ2n) is 6.61. The molecule has 26 heavy (non-hydrogen) atoms. The lowest BCUT2D eigenvalue weighted by Crippen LogP contribution is -2.20. The van der Waals surface area contributed by atoms with Crippen molar-refractivity contribution in [1.82, 2.24) is 4.73 Å². The molecule has 0 amide bonds. The normalized spacial score (nSPS) is 20.6. The van der Waals surface area contributed by atoms with Gasteiger partial charge in [0.2, 0.25) is 11.8 Å². The Bertz CT molecular complexity index is 1150. The molecule has 1 aromatic heterocycles. The first kappa shape index (κ1) is 15.3. The summed E-state index contributed by atoms with van der Waals surface area (Å²) in [4.78, 5) is -0.0237. The molecule has 2 atom stereocenters. The van der Waals surface area contributed by atoms with Gasteiger partial charge in [0.25, 0.3) is 0 Å². The molecule has 132 valence electrons. The van der Waals surface area contributed by atoms with E-state index in [1.807, 2.05) is 18.2 Å². The molecule has 2 N–H and O–H groups in total. The van der Waals surface area contributed by atoms with Gasteiger partial charge in [0, 0.05) is 28.3 Å². The summed E-state index contributed by atoms with van der Waals surface area (Å²) >= 11 is 0. The molecule has 2 aromatic carbocycles. The third kappa shape index (κ3) is 1.94. The Hall–Kier alpha value is -2.93. The second-order valence-corrected chi connectivity index (χ2v) is 8.11. The molecule has 2 aliphatic carbocycles. The van der Waals surface area contributed by atoms with Gasteiger partial charge in [-0.25, -0.2) is 0 Å². The molecule has 2 bridgehead atoms. The Labute approximate surface area is 149 Å². The zero-order valence-electron chi connectivity index (χ0n) is 13.5. The van der Waals surface area contributed by atoms with Crippen molar-refractivity contribution in [2.45, 2.75) is 23.2 Å². The minimum Gasteiger partial charge on any atom is -0.492 e. The topological polar surface area (TPSA) is 88.8 Å². The van der Waals surface area contributed by atoms with Gasteiger partial charge < -0.3 is 10.2 Å². The first-order chi connectivity index (χ1) is 12.5. The highest BCUT2D eigenvalue weighted by Crippen LogP contribution is 2.56. The van der Waals surface area contributed by atoms with Crippen molar-refractivity contribution in [3.8, 4) is 11.8 Å². The fourth-order valence-electron chi connectivity index (χ4n) is 4.04. The molecule has 7 heteroatoms. The lowest BCUT2D eigenvalue weighted by Gasteiger charge is -2.12. The molecule has 1 heterocycles. The molecule has 0 radical (unpaired) electrons. The van der Waals surface area contributed by atoms with Gasteiger partial charge in [-0.05, 0) is 17.9 Å². The van der Waals surface area contributed by atoms with E-state index in [1.165, 1.54) is 6.07 Å². The van der Waals surface area contributed by atoms with Crippen molar-refractivity contribution in [2.75, 3.05) is 0 Å². The van der Waals surface area contributed by atoms with Crippen LogP contribution in [0.2, 0.25) is 0 Å². The molecule has 0 fully saturated rings. The SMILES string of the molecule is O=S(=O)(On1c(O)c2c(c1O)C1C=CC2C1)c1cccc2ccccc12. The van der Waals surface area contributed by atoms with Gasteiger partial charge in [-0.3, -0.25) is 4.28 Å². The number of aromatic hydroxyl groups is 2. The van der Waals surface area contributed by atoms with Gasteiger partial charge >= 0.3 is 10.1 Å². The first-order valence-corrected chi connectivity index (χ1v) is 9.65. The van der Waals surface area contributed by atoms with E-state index in [9.17, 15) is 18.6 Å². The van der Waals surface area contributed by atoms with Crippen molar-refractivity contribution in [1.29, 1.82) is 0 Å². The minimum absolute atomic E-state index is 0.0222. The van der Waals surface area contributed by atoms with Gasteiger partial charge in [-0.1, -0.05) is 53.3 Å². The Morgan fingerprint density at radius 2 is 1.54 bits per heavy atom. The lowest BCUT2D eigenvalue weighted by molar-refractivity contribution is 0.200. The maximum atomic E-state index is 12.8. The molecule has 0 aliphatic heterocycles. The Balaban J connectivity index is 1.62. The molecule has 6 nitrogen and oxygen atoms in total. The van der Waals surface area contributed by atoms with Gasteiger partial charge in [-0.15, -0.1) is 0 Å². The number of allylic oxidation sites excluding steroid dienone is 2. The lowest BCUT2D eigenvalue weighted by atomic mass is 10.0. The average molecular weight is 369 g/mol. The highest BCUT2D eigenvalue weighted by atomic mass is 32.2. The molecule has 0 spiro atoms. The molecule has 0 saturated carbocycles. The fraction of sp³-hybridized carbons (Fsp3) is 0.158. The van der Waals surface area contributed by atoms with E-state index >= 15 is 0 Å². The van der Waals surface area contributed by atoms with Gasteiger partial charge in [0.05, 0.1) is 0 Å². The van der Waals surface area contributed by atoms with Crippen LogP contribution in [-0.4, -0.2) is 23.4 Å². The second kappa shape index (κ2) is 5.04. The number of rotatable bonds is 3. The predicted octanol–water partition coefficient (Wildman–Crippen LogP) is 3.01. The third-order valence-electron chi connectivity index (χ3n) is 5.17. The van der Waals surface area contributed by atoms with E-state index in [0.29, 0.717) is 21.2 Å². The zero-order chi connectivity index (χ0) is 18.1. The Kier molecular flexibility index (Phi) is 2.98. The van der Waals surface area contributed by atoms with E-state index in [2.05, 4.69) is 0 Å². The van der Waals surface area contributed by atoms with Gasteiger partial charge in [0.15, 0.2) is 0 Å². The van der Waals surface area contributed by atoms with Crippen molar-refractivity contribution in [2.24, 2.45) is 0 Å². The standard InChI is InChI=1S/C19H15NO5S/c21-18-16-12-8-9-13(10-12)17(16)19(22)20(18)25-26(23,24)15-7-3-5-11-4-1-2-6-14(11)15/h1-9,12-13,21-22H,10H2. The van der Waals surface area contributed by atoms with Crippen LogP contribution in [0.25, 0.3) is 10.8 Å². The summed E-state index contributed by atoms with van der Waals surface area (Å²) in [7, 11) is -4.26. The van der Waals surface area contributed by atoms with Gasteiger partial charge in [-0.2, -0.15) is 8.42 Å². The average Bonchev–Trinajstić information content (AvgIpc) is 3.31. The van der Waals surface area contributed by atoms with Crippen LogP contribution in [0.3, 0.4) is 0 Å². The number of benzene rings is 2. The Morgan fingerprint density at radius 3 is 2.23 bits per heavy atom. The summed E-state index contributed by atoms with van der Waals surface area (Å²) in [5, 5.41) is 22.2. The largest absolute Gasteiger partial charge is 0.492 e. The molecular formula is C19H15NO5S. The van der Waals surface area contributed by atoms with Crippen molar-refractivity contribution >= 4 is 20.9 Å².